The van der Waals surface area contributed by atoms with Gasteiger partial charge in [0.1, 0.15) is 0 Å². The molecule has 7 nitrogen and oxygen atoms in total. The van der Waals surface area contributed by atoms with Crippen molar-refractivity contribution in [2.75, 3.05) is 11.5 Å². The second kappa shape index (κ2) is 10.1. The Balaban J connectivity index is 1.16. The molecule has 4 unspecified atom stereocenters. The van der Waals surface area contributed by atoms with E-state index in [1.807, 2.05) is 25.1 Å². The van der Waals surface area contributed by atoms with Gasteiger partial charge < -0.3 is 4.74 Å². The van der Waals surface area contributed by atoms with Crippen LogP contribution in [0.3, 0.4) is 0 Å². The fourth-order valence-corrected chi connectivity index (χ4v) is 6.85. The molecule has 7 rings (SSSR count). The normalized spacial score (nSPS) is 22.2. The Morgan fingerprint density at radius 2 is 1.57 bits per heavy atom. The number of hydrogen-bond acceptors (Lipinski definition) is 6. The van der Waals surface area contributed by atoms with Gasteiger partial charge in [-0.2, -0.15) is 0 Å². The summed E-state index contributed by atoms with van der Waals surface area (Å²) in [4.78, 5) is 58.5. The van der Waals surface area contributed by atoms with Crippen molar-refractivity contribution in [2.45, 2.75) is 13.3 Å². The number of ketones is 1. The molecule has 1 aliphatic heterocycles. The molecule has 3 aliphatic rings. The van der Waals surface area contributed by atoms with Gasteiger partial charge in [0.25, 0.3) is 0 Å². The van der Waals surface area contributed by atoms with Crippen molar-refractivity contribution < 1.29 is 23.9 Å². The van der Waals surface area contributed by atoms with E-state index in [4.69, 9.17) is 9.72 Å². The number of imide groups is 1. The summed E-state index contributed by atoms with van der Waals surface area (Å²) in [5, 5.41) is 0.584. The van der Waals surface area contributed by atoms with E-state index in [0.717, 1.165) is 16.5 Å². The highest BCUT2D eigenvalue weighted by atomic mass is 79.9. The van der Waals surface area contributed by atoms with Crippen molar-refractivity contribution in [3.8, 4) is 11.3 Å². The first-order chi connectivity index (χ1) is 20.3. The summed E-state index contributed by atoms with van der Waals surface area (Å²) in [7, 11) is 0. The molecule has 2 bridgehead atoms. The van der Waals surface area contributed by atoms with Crippen molar-refractivity contribution in [3.63, 3.8) is 0 Å². The summed E-state index contributed by atoms with van der Waals surface area (Å²) in [6.45, 7) is 1.55. The molecule has 2 heterocycles. The number of rotatable bonds is 6. The topological polar surface area (TPSA) is 93.6 Å². The van der Waals surface area contributed by atoms with Gasteiger partial charge in [-0.25, -0.2) is 9.78 Å². The van der Waals surface area contributed by atoms with Crippen LogP contribution in [0.25, 0.3) is 22.2 Å². The average Bonchev–Trinajstić information content (AvgIpc) is 3.69. The number of fused-ring (bicyclic) bond motifs is 6. The number of aromatic nitrogens is 1. The van der Waals surface area contributed by atoms with E-state index < -0.39 is 5.97 Å². The molecule has 0 spiro atoms. The number of hydrogen-bond donors (Lipinski definition) is 0. The van der Waals surface area contributed by atoms with Crippen molar-refractivity contribution in [1.29, 1.82) is 0 Å². The fourth-order valence-electron chi connectivity index (χ4n) is 6.48. The number of Topliss-reactive ketones (excluding diaryl/α,β-unsaturated/α-hetero) is 1. The van der Waals surface area contributed by atoms with Gasteiger partial charge in [0.2, 0.25) is 11.8 Å². The van der Waals surface area contributed by atoms with E-state index in [1.165, 1.54) is 4.90 Å². The molecule has 3 aromatic carbocycles. The van der Waals surface area contributed by atoms with E-state index in [2.05, 4.69) is 28.1 Å². The minimum absolute atomic E-state index is 0.130. The van der Waals surface area contributed by atoms with E-state index in [9.17, 15) is 19.2 Å². The van der Waals surface area contributed by atoms with Crippen LogP contribution in [0.4, 0.5) is 5.69 Å². The Kier molecular flexibility index (Phi) is 6.39. The first kappa shape index (κ1) is 26.5. The molecule has 42 heavy (non-hydrogen) atoms. The summed E-state index contributed by atoms with van der Waals surface area (Å²) < 4.78 is 6.23. The molecular formula is C34H25BrN2O5. The molecule has 2 aliphatic carbocycles. The number of carbonyl (C=O) groups is 4. The largest absolute Gasteiger partial charge is 0.454 e. The summed E-state index contributed by atoms with van der Waals surface area (Å²) in [6, 6.07) is 21.2. The lowest BCUT2D eigenvalue weighted by atomic mass is 9.85. The second-order valence-electron chi connectivity index (χ2n) is 11.1. The quantitative estimate of drug-likeness (QED) is 0.108. The third-order valence-electron chi connectivity index (χ3n) is 8.59. The van der Waals surface area contributed by atoms with Crippen LogP contribution in [-0.2, 0) is 14.3 Å². The first-order valence-corrected chi connectivity index (χ1v) is 14.6. The molecule has 208 valence electrons. The Hall–Kier alpha value is -4.43. The molecule has 2 amide bonds. The van der Waals surface area contributed by atoms with E-state index in [-0.39, 0.29) is 53.4 Å². The molecule has 0 N–H and O–H groups in total. The van der Waals surface area contributed by atoms with Gasteiger partial charge in [-0.1, -0.05) is 70.0 Å². The molecule has 2 fully saturated rings. The molecule has 8 heteroatoms. The zero-order valence-corrected chi connectivity index (χ0v) is 24.2. The number of esters is 1. The van der Waals surface area contributed by atoms with Gasteiger partial charge in [-0.05, 0) is 61.6 Å². The number of nitrogens with zero attached hydrogens (tertiary/aromatic N) is 2. The number of pyridine rings is 1. The van der Waals surface area contributed by atoms with Crippen LogP contribution < -0.4 is 4.90 Å². The lowest BCUT2D eigenvalue weighted by Crippen LogP contribution is -2.32. The third kappa shape index (κ3) is 4.38. The highest BCUT2D eigenvalue weighted by Gasteiger charge is 2.59. The number of aryl methyl sites for hydroxylation is 1. The van der Waals surface area contributed by atoms with Crippen molar-refractivity contribution in [2.24, 2.45) is 23.7 Å². The minimum Gasteiger partial charge on any atom is -0.454 e. The van der Waals surface area contributed by atoms with Gasteiger partial charge in [-0.15, -0.1) is 0 Å². The van der Waals surface area contributed by atoms with Crippen LogP contribution in [-0.4, -0.2) is 35.2 Å². The predicted molar refractivity (Wildman–Crippen MR) is 161 cm³/mol. The SMILES string of the molecule is Cc1ccc(C(=O)COC(=O)c2cc(-c3ccc(N4C(=O)C5C6C=CC(C6)C5C4=O)cc3)nc3ccc(Br)cc23)cc1. The Labute approximate surface area is 250 Å². The third-order valence-corrected chi connectivity index (χ3v) is 9.08. The van der Waals surface area contributed by atoms with Gasteiger partial charge in [0, 0.05) is 21.0 Å². The Morgan fingerprint density at radius 3 is 2.24 bits per heavy atom. The van der Waals surface area contributed by atoms with Crippen LogP contribution in [0.1, 0.15) is 32.7 Å². The number of amides is 2. The minimum atomic E-state index is -0.637. The number of benzene rings is 3. The zero-order valence-electron chi connectivity index (χ0n) is 22.6. The number of anilines is 1. The van der Waals surface area contributed by atoms with Crippen molar-refractivity contribution >= 4 is 56.1 Å². The maximum absolute atomic E-state index is 13.3. The predicted octanol–water partition coefficient (Wildman–Crippen LogP) is 6.32. The molecule has 1 saturated carbocycles. The lowest BCUT2D eigenvalue weighted by molar-refractivity contribution is -0.123. The highest BCUT2D eigenvalue weighted by Crippen LogP contribution is 2.53. The van der Waals surface area contributed by atoms with Gasteiger partial charge in [0.05, 0.1) is 34.3 Å². The number of carbonyl (C=O) groups excluding carboxylic acids is 4. The van der Waals surface area contributed by atoms with Crippen LogP contribution in [0.15, 0.2) is 89.4 Å². The molecule has 4 atom stereocenters. The fraction of sp³-hybridized carbons (Fsp3) is 0.206. The second-order valence-corrected chi connectivity index (χ2v) is 12.1. The lowest BCUT2D eigenvalue weighted by Gasteiger charge is -2.17. The van der Waals surface area contributed by atoms with Gasteiger partial charge >= 0.3 is 5.97 Å². The average molecular weight is 621 g/mol. The van der Waals surface area contributed by atoms with Crippen molar-refractivity contribution in [3.05, 3.63) is 106 Å². The monoisotopic (exact) mass is 620 g/mol. The van der Waals surface area contributed by atoms with Gasteiger partial charge in [-0.3, -0.25) is 19.3 Å². The number of ether oxygens (including phenoxy) is 1. The summed E-state index contributed by atoms with van der Waals surface area (Å²) in [5.74, 6) is -1.43. The van der Waals surface area contributed by atoms with E-state index >= 15 is 0 Å². The van der Waals surface area contributed by atoms with Crippen LogP contribution in [0, 0.1) is 30.6 Å². The standard InChI is InChI=1S/C34H25BrN2O5/c1-18-2-4-20(5-3-18)29(38)17-42-34(41)26-16-28(36-27-13-10-23(35)15-25(26)27)19-8-11-24(12-9-19)37-32(39)30-21-6-7-22(14-21)31(30)33(37)40/h2-13,15-16,21-22,30-31H,14,17H2,1H3. The summed E-state index contributed by atoms with van der Waals surface area (Å²) >= 11 is 3.46. The van der Waals surface area contributed by atoms with Gasteiger partial charge in [0.15, 0.2) is 12.4 Å². The maximum Gasteiger partial charge on any atom is 0.339 e. The van der Waals surface area contributed by atoms with Crippen molar-refractivity contribution in [1.82, 2.24) is 4.98 Å². The van der Waals surface area contributed by atoms with E-state index in [1.54, 1.807) is 54.6 Å². The number of allylic oxidation sites excluding steroid dienone is 2. The Bertz CT molecular complexity index is 1800. The maximum atomic E-state index is 13.3. The summed E-state index contributed by atoms with van der Waals surface area (Å²) in [5.41, 5.74) is 4.11. The zero-order chi connectivity index (χ0) is 29.1. The van der Waals surface area contributed by atoms with Crippen LogP contribution in [0.2, 0.25) is 0 Å². The Morgan fingerprint density at radius 1 is 0.905 bits per heavy atom. The molecular weight excluding hydrogens is 596 g/mol. The smallest absolute Gasteiger partial charge is 0.339 e. The molecule has 4 aromatic rings. The molecule has 1 aromatic heterocycles. The van der Waals surface area contributed by atoms with Crippen LogP contribution >= 0.6 is 15.9 Å². The highest BCUT2D eigenvalue weighted by molar-refractivity contribution is 9.10. The molecule has 0 radical (unpaired) electrons. The first-order valence-electron chi connectivity index (χ1n) is 13.8. The number of halogens is 1. The summed E-state index contributed by atoms with van der Waals surface area (Å²) in [6.07, 6.45) is 5.04. The van der Waals surface area contributed by atoms with E-state index in [0.29, 0.717) is 33.4 Å². The molecule has 1 saturated heterocycles. The van der Waals surface area contributed by atoms with Crippen LogP contribution in [0.5, 0.6) is 0 Å².